The lowest BCUT2D eigenvalue weighted by Crippen LogP contribution is -2.50. The van der Waals surface area contributed by atoms with Gasteiger partial charge >= 0.3 is 5.97 Å². The molecule has 0 aromatic heterocycles. The number of carbonyl (C=O) groups is 4. The number of nitriles is 2. The number of hydrogen-bond donors (Lipinski definition) is 3. The first-order chi connectivity index (χ1) is 39.6. The van der Waals surface area contributed by atoms with E-state index < -0.39 is 50.8 Å². The summed E-state index contributed by atoms with van der Waals surface area (Å²) < 4.78 is 83.6. The van der Waals surface area contributed by atoms with Crippen molar-refractivity contribution in [1.82, 2.24) is 0 Å². The number of nitrogens with two attached hydrogens (primary N) is 1. The molecule has 0 unspecified atom stereocenters. The van der Waals surface area contributed by atoms with Crippen molar-refractivity contribution in [3.63, 3.8) is 0 Å². The van der Waals surface area contributed by atoms with E-state index >= 15 is 0 Å². The monoisotopic (exact) mass is 1250 g/mol. The van der Waals surface area contributed by atoms with Gasteiger partial charge in [-0.2, -0.15) is 10.5 Å². The standard InChI is InChI=1S/C24H25Cl2FN2O4.C17H14Cl2FN3O.C12H16O4.C7H8O3S/c1-24(12-15-4-6-16(14-28)7-5-15,13-18(30)8-9-21(32-2)33-3)23(31)29-17-10-19(25)22(27)20(26)11-17;1-17(22,8-10-2-4-11(9-21)5-3-10)16(24)23-12-6-13(18)15(20)14(19)7-12;1-14-12(15-2)9-8-11(13)16-10-6-4-3-5-7-10;1-6-2-4-7(5-3-6)11(8,9)10/h4-7,10-11,21H,8-9,12-13H2,1-3H3,(H,29,31);2-7H,8,22H2,1H3,(H,23,24);3-7,12H,8-9H2,1-2H3;2-5H,1H3,(H,8,9,10)/p-1/t24-;17-;;/m01../s1. The molecule has 84 heavy (non-hydrogen) atoms. The van der Waals surface area contributed by atoms with Gasteiger partial charge in [-0.25, -0.2) is 17.2 Å². The van der Waals surface area contributed by atoms with Gasteiger partial charge in [-0.3, -0.25) is 19.2 Å². The third-order valence-corrected chi connectivity index (χ3v) is 14.0. The number of ketones is 1. The molecule has 0 saturated carbocycles. The summed E-state index contributed by atoms with van der Waals surface area (Å²) in [5, 5.41) is 22.2. The molecule has 17 nitrogen and oxygen atoms in total. The maximum absolute atomic E-state index is 13.7. The normalized spacial score (nSPS) is 12.2. The first-order valence-corrected chi connectivity index (χ1v) is 28.1. The molecule has 6 rings (SSSR count). The van der Waals surface area contributed by atoms with Crippen LogP contribution in [0.2, 0.25) is 20.1 Å². The highest BCUT2D eigenvalue weighted by molar-refractivity contribution is 7.85. The van der Waals surface area contributed by atoms with Crippen LogP contribution in [0, 0.1) is 46.6 Å². The Bertz CT molecular complexity index is 3300. The number of methoxy groups -OCH3 is 4. The lowest BCUT2D eigenvalue weighted by atomic mass is 9.77. The number of para-hydroxylation sites is 1. The summed E-state index contributed by atoms with van der Waals surface area (Å²) in [5.74, 6) is -2.32. The van der Waals surface area contributed by atoms with E-state index in [2.05, 4.69) is 10.6 Å². The minimum Gasteiger partial charge on any atom is -0.744 e. The Morgan fingerprint density at radius 3 is 1.44 bits per heavy atom. The van der Waals surface area contributed by atoms with E-state index in [1.54, 1.807) is 86.6 Å². The number of nitrogens with one attached hydrogen (secondary N) is 2. The number of ether oxygens (including phenoxy) is 5. The molecule has 2 atom stereocenters. The molecule has 6 aromatic carbocycles. The number of benzene rings is 6. The van der Waals surface area contributed by atoms with E-state index in [1.807, 2.05) is 37.3 Å². The van der Waals surface area contributed by atoms with Gasteiger partial charge in [0.2, 0.25) is 11.8 Å². The molecule has 24 heteroatoms. The highest BCUT2D eigenvalue weighted by Gasteiger charge is 2.36. The Morgan fingerprint density at radius 1 is 0.631 bits per heavy atom. The van der Waals surface area contributed by atoms with Gasteiger partial charge in [0.15, 0.2) is 24.2 Å². The van der Waals surface area contributed by atoms with E-state index in [4.69, 9.17) is 86.3 Å². The number of anilines is 2. The predicted molar refractivity (Wildman–Crippen MR) is 315 cm³/mol. The number of amides is 2. The molecule has 0 bridgehead atoms. The van der Waals surface area contributed by atoms with Crippen molar-refractivity contribution in [3.8, 4) is 17.9 Å². The topological polar surface area (TPSA) is 269 Å². The molecule has 2 amide bonds. The van der Waals surface area contributed by atoms with Crippen LogP contribution in [-0.4, -0.2) is 83.1 Å². The number of nitrogens with zero attached hydrogens (tertiary/aromatic N) is 2. The molecule has 448 valence electrons. The molecule has 0 radical (unpaired) electrons. The van der Waals surface area contributed by atoms with Crippen molar-refractivity contribution in [2.75, 3.05) is 39.1 Å². The van der Waals surface area contributed by atoms with Crippen LogP contribution < -0.4 is 21.1 Å². The third kappa shape index (κ3) is 24.4. The van der Waals surface area contributed by atoms with Gasteiger partial charge in [-0.05, 0) is 118 Å². The fraction of sp³-hybridized carbons (Fsp3) is 0.300. The van der Waals surface area contributed by atoms with Crippen LogP contribution in [0.15, 0.2) is 132 Å². The van der Waals surface area contributed by atoms with Crippen LogP contribution in [0.5, 0.6) is 5.75 Å². The Hall–Kier alpha value is -6.89. The second kappa shape index (κ2) is 34.8. The first kappa shape index (κ1) is 71.4. The Labute approximate surface area is 507 Å². The van der Waals surface area contributed by atoms with Crippen LogP contribution in [0.3, 0.4) is 0 Å². The number of hydrogen-bond acceptors (Lipinski definition) is 15. The van der Waals surface area contributed by atoms with Gasteiger partial charge in [-0.15, -0.1) is 0 Å². The fourth-order valence-electron chi connectivity index (χ4n) is 7.46. The first-order valence-electron chi connectivity index (χ1n) is 25.2. The van der Waals surface area contributed by atoms with Crippen molar-refractivity contribution in [2.24, 2.45) is 11.1 Å². The fourth-order valence-corrected chi connectivity index (χ4v) is 8.90. The number of esters is 1. The molecule has 0 saturated heterocycles. The number of aryl methyl sites for hydroxylation is 1. The zero-order valence-corrected chi connectivity index (χ0v) is 50.6. The van der Waals surface area contributed by atoms with Crippen LogP contribution in [-0.2, 0) is 61.1 Å². The smallest absolute Gasteiger partial charge is 0.311 e. The Balaban J connectivity index is 0.000000316. The van der Waals surface area contributed by atoms with E-state index in [0.717, 1.165) is 16.7 Å². The summed E-state index contributed by atoms with van der Waals surface area (Å²) >= 11 is 23.1. The largest absolute Gasteiger partial charge is 0.744 e. The molecule has 0 aliphatic rings. The molecule has 0 spiro atoms. The van der Waals surface area contributed by atoms with Crippen LogP contribution in [0.4, 0.5) is 20.2 Å². The molecular weight excluding hydrogens is 1190 g/mol. The van der Waals surface area contributed by atoms with Gasteiger partial charge in [-0.1, -0.05) is 107 Å². The maximum Gasteiger partial charge on any atom is 0.311 e. The van der Waals surface area contributed by atoms with Crippen LogP contribution >= 0.6 is 46.4 Å². The van der Waals surface area contributed by atoms with Crippen molar-refractivity contribution >= 4 is 91.5 Å². The van der Waals surface area contributed by atoms with Crippen LogP contribution in [0.1, 0.15) is 73.8 Å². The molecule has 6 aromatic rings. The summed E-state index contributed by atoms with van der Waals surface area (Å²) in [6, 6.07) is 37.4. The van der Waals surface area contributed by atoms with Gasteiger partial charge < -0.3 is 44.6 Å². The Morgan fingerprint density at radius 2 is 1.04 bits per heavy atom. The zero-order valence-electron chi connectivity index (χ0n) is 46.8. The van der Waals surface area contributed by atoms with Gasteiger partial charge in [0, 0.05) is 65.5 Å². The quantitative estimate of drug-likeness (QED) is 0.0187. The second-order valence-corrected chi connectivity index (χ2v) is 22.0. The summed E-state index contributed by atoms with van der Waals surface area (Å²) in [7, 11) is 1.78. The average molecular weight is 1260 g/mol. The molecule has 0 heterocycles. The summed E-state index contributed by atoms with van der Waals surface area (Å²) in [6.07, 6.45) is 0.825. The molecule has 4 N–H and O–H groups in total. The number of halogens is 6. The van der Waals surface area contributed by atoms with E-state index in [9.17, 15) is 40.9 Å². The van der Waals surface area contributed by atoms with Crippen molar-refractivity contribution in [3.05, 3.63) is 187 Å². The molecule has 0 fully saturated rings. The second-order valence-electron chi connectivity index (χ2n) is 19.0. The lowest BCUT2D eigenvalue weighted by Gasteiger charge is -2.28. The minimum absolute atomic E-state index is 0.0539. The summed E-state index contributed by atoms with van der Waals surface area (Å²) in [4.78, 5) is 49.7. The molecule has 0 aliphatic heterocycles. The Kier molecular flexibility index (Phi) is 29.6. The van der Waals surface area contributed by atoms with Gasteiger partial charge in [0.25, 0.3) is 0 Å². The number of carbonyl (C=O) groups excluding carboxylic acids is 4. The van der Waals surface area contributed by atoms with Gasteiger partial charge in [0.05, 0.1) is 65.6 Å². The van der Waals surface area contributed by atoms with Crippen molar-refractivity contribution in [2.45, 2.75) is 88.7 Å². The van der Waals surface area contributed by atoms with E-state index in [-0.39, 0.29) is 86.5 Å². The number of rotatable bonds is 22. The summed E-state index contributed by atoms with van der Waals surface area (Å²) in [5.41, 5.74) is 7.74. The van der Waals surface area contributed by atoms with Crippen molar-refractivity contribution in [1.29, 1.82) is 10.5 Å². The maximum atomic E-state index is 13.7. The summed E-state index contributed by atoms with van der Waals surface area (Å²) in [6.45, 7) is 5.07. The minimum atomic E-state index is -4.27. The number of Topliss-reactive ketones (excluding diaryl/α,β-unsaturated/α-hetero) is 1. The zero-order chi connectivity index (χ0) is 62.8. The molecular formula is C60H62Cl4F2N5O12S-. The lowest BCUT2D eigenvalue weighted by molar-refractivity contribution is -0.140. The predicted octanol–water partition coefficient (Wildman–Crippen LogP) is 12.3. The average Bonchev–Trinajstić information content (AvgIpc) is 2.97. The van der Waals surface area contributed by atoms with Gasteiger partial charge in [0.1, 0.15) is 21.7 Å². The van der Waals surface area contributed by atoms with E-state index in [1.165, 1.54) is 64.8 Å². The van der Waals surface area contributed by atoms with E-state index in [0.29, 0.717) is 29.7 Å². The van der Waals surface area contributed by atoms with Crippen LogP contribution in [0.25, 0.3) is 0 Å². The highest BCUT2D eigenvalue weighted by atomic mass is 35.5. The highest BCUT2D eigenvalue weighted by Crippen LogP contribution is 2.33. The SMILES string of the molecule is COC(CCC(=O)C[C@](C)(Cc1ccc(C#N)cc1)C(=O)Nc1cc(Cl)c(F)c(Cl)c1)OC.COC(CCC(=O)Oc1ccccc1)OC.C[C@@](N)(Cc1ccc(C#N)cc1)C(=O)Nc1cc(Cl)c(F)c(Cl)c1.Cc1ccc(S(=O)(=O)[O-])cc1. The third-order valence-electron chi connectivity index (χ3n) is 12.0. The molecule has 0 aliphatic carbocycles. The van der Waals surface area contributed by atoms with Crippen molar-refractivity contribution < 1.29 is 64.6 Å².